The van der Waals surface area contributed by atoms with Gasteiger partial charge >= 0.3 is 0 Å². The molecule has 0 saturated carbocycles. The van der Waals surface area contributed by atoms with Crippen molar-refractivity contribution in [2.75, 3.05) is 0 Å². The maximum Gasteiger partial charge on any atom is 0.169 e. The molecule has 0 fully saturated rings. The second-order valence-electron chi connectivity index (χ2n) is 6.77. The number of aromatic hydroxyl groups is 1. The number of hydrogen-bond acceptors (Lipinski definition) is 2. The average Bonchev–Trinajstić information content (AvgIpc) is 2.64. The Morgan fingerprint density at radius 3 is 2.16 bits per heavy atom. The molecule has 2 heteroatoms. The highest BCUT2D eigenvalue weighted by atomic mass is 16.5. The Kier molecular flexibility index (Phi) is 8.38. The van der Waals surface area contributed by atoms with Gasteiger partial charge in [-0.1, -0.05) is 82.7 Å². The van der Waals surface area contributed by atoms with Crippen LogP contribution in [0.3, 0.4) is 0 Å². The van der Waals surface area contributed by atoms with E-state index in [1.165, 1.54) is 50.5 Å². The number of para-hydroxylation sites is 3. The Balaban J connectivity index is 2.00. The summed E-state index contributed by atoms with van der Waals surface area (Å²) in [5.41, 5.74) is 1.25. The lowest BCUT2D eigenvalue weighted by Crippen LogP contribution is -2.01. The van der Waals surface area contributed by atoms with Crippen molar-refractivity contribution in [3.63, 3.8) is 0 Å². The maximum absolute atomic E-state index is 9.98. The van der Waals surface area contributed by atoms with Gasteiger partial charge in [-0.25, -0.2) is 0 Å². The van der Waals surface area contributed by atoms with Gasteiger partial charge in [-0.15, -0.1) is 0 Å². The van der Waals surface area contributed by atoms with Crippen molar-refractivity contribution in [2.45, 2.75) is 71.1 Å². The number of hydrogen-bond donors (Lipinski definition) is 1. The highest BCUT2D eigenvalue weighted by Crippen LogP contribution is 2.37. The van der Waals surface area contributed by atoms with E-state index in [0.29, 0.717) is 11.7 Å². The average molecular weight is 341 g/mol. The van der Waals surface area contributed by atoms with Crippen molar-refractivity contribution < 1.29 is 9.84 Å². The van der Waals surface area contributed by atoms with Gasteiger partial charge in [0.2, 0.25) is 0 Å². The van der Waals surface area contributed by atoms with Crippen molar-refractivity contribution >= 4 is 0 Å². The molecule has 0 bridgehead atoms. The summed E-state index contributed by atoms with van der Waals surface area (Å²) < 4.78 is 6.03. The monoisotopic (exact) mass is 340 g/mol. The van der Waals surface area contributed by atoms with Gasteiger partial charge in [-0.3, -0.25) is 0 Å². The molecule has 2 nitrogen and oxygen atoms in total. The molecule has 25 heavy (non-hydrogen) atoms. The molecule has 0 spiro atoms. The molecule has 0 heterocycles. The second-order valence-corrected chi connectivity index (χ2v) is 6.77. The molecule has 1 N–H and O–H groups in total. The lowest BCUT2D eigenvalue weighted by molar-refractivity contribution is 0.404. The fraction of sp³-hybridized carbons (Fsp3) is 0.478. The smallest absolute Gasteiger partial charge is 0.169 e. The minimum absolute atomic E-state index is 0.182. The molecular weight excluding hydrogens is 308 g/mol. The molecule has 2 rings (SSSR count). The van der Waals surface area contributed by atoms with Crippen LogP contribution >= 0.6 is 0 Å². The van der Waals surface area contributed by atoms with E-state index in [9.17, 15) is 5.11 Å². The van der Waals surface area contributed by atoms with E-state index in [0.717, 1.165) is 12.2 Å². The number of rotatable bonds is 11. The second kappa shape index (κ2) is 10.8. The van der Waals surface area contributed by atoms with Crippen LogP contribution in [0.1, 0.15) is 76.7 Å². The topological polar surface area (TPSA) is 29.5 Å². The molecule has 0 aliphatic heterocycles. The van der Waals surface area contributed by atoms with Crippen LogP contribution in [0.2, 0.25) is 0 Å². The van der Waals surface area contributed by atoms with Crippen LogP contribution in [0.5, 0.6) is 17.2 Å². The van der Waals surface area contributed by atoms with E-state index < -0.39 is 0 Å². The van der Waals surface area contributed by atoms with Crippen molar-refractivity contribution in [3.05, 3.63) is 54.1 Å². The zero-order valence-electron chi connectivity index (χ0n) is 15.7. The van der Waals surface area contributed by atoms with Crippen molar-refractivity contribution in [1.82, 2.24) is 0 Å². The molecule has 2 aromatic carbocycles. The molecule has 2 aromatic rings. The fourth-order valence-electron chi connectivity index (χ4n) is 3.32. The van der Waals surface area contributed by atoms with Crippen LogP contribution in [0.25, 0.3) is 0 Å². The van der Waals surface area contributed by atoms with Crippen molar-refractivity contribution in [1.29, 1.82) is 0 Å². The molecule has 0 aromatic heterocycles. The molecule has 0 radical (unpaired) electrons. The molecule has 0 aliphatic rings. The Bertz CT molecular complexity index is 621. The third-order valence-corrected chi connectivity index (χ3v) is 4.84. The summed E-state index contributed by atoms with van der Waals surface area (Å²) >= 11 is 0. The van der Waals surface area contributed by atoms with Gasteiger partial charge in [0.1, 0.15) is 5.75 Å². The fourth-order valence-corrected chi connectivity index (χ4v) is 3.32. The van der Waals surface area contributed by atoms with Gasteiger partial charge < -0.3 is 9.84 Å². The Hall–Kier alpha value is -1.96. The molecule has 136 valence electrons. The van der Waals surface area contributed by atoms with Crippen LogP contribution in [0.15, 0.2) is 48.5 Å². The van der Waals surface area contributed by atoms with E-state index in [4.69, 9.17) is 4.74 Å². The predicted molar refractivity (Wildman–Crippen MR) is 106 cm³/mol. The summed E-state index contributed by atoms with van der Waals surface area (Å²) in [5.74, 6) is 2.07. The SMILES string of the molecule is CCCCCCCCC(CC)c1ccccc1Oc1ccccc1O. The first-order valence-corrected chi connectivity index (χ1v) is 9.81. The van der Waals surface area contributed by atoms with Crippen LogP contribution in [0.4, 0.5) is 0 Å². The summed E-state index contributed by atoms with van der Waals surface area (Å²) in [5, 5.41) is 9.98. The van der Waals surface area contributed by atoms with Crippen LogP contribution in [-0.4, -0.2) is 5.11 Å². The number of ether oxygens (including phenoxy) is 1. The lowest BCUT2D eigenvalue weighted by Gasteiger charge is -2.19. The van der Waals surface area contributed by atoms with E-state index in [1.54, 1.807) is 12.1 Å². The van der Waals surface area contributed by atoms with Crippen LogP contribution in [-0.2, 0) is 0 Å². The van der Waals surface area contributed by atoms with E-state index in [-0.39, 0.29) is 5.75 Å². The van der Waals surface area contributed by atoms with Crippen LogP contribution in [0, 0.1) is 0 Å². The van der Waals surface area contributed by atoms with Crippen molar-refractivity contribution in [3.8, 4) is 17.2 Å². The van der Waals surface area contributed by atoms with Gasteiger partial charge in [0, 0.05) is 0 Å². The third-order valence-electron chi connectivity index (χ3n) is 4.84. The number of phenolic OH excluding ortho intramolecular Hbond substituents is 1. The summed E-state index contributed by atoms with van der Waals surface area (Å²) in [7, 11) is 0. The first-order valence-electron chi connectivity index (χ1n) is 9.81. The normalized spacial score (nSPS) is 12.1. The summed E-state index contributed by atoms with van der Waals surface area (Å²) in [6.45, 7) is 4.51. The predicted octanol–water partition coefficient (Wildman–Crippen LogP) is 7.43. The lowest BCUT2D eigenvalue weighted by atomic mass is 9.90. The molecule has 1 atom stereocenters. The largest absolute Gasteiger partial charge is 0.504 e. The molecule has 0 aliphatic carbocycles. The minimum Gasteiger partial charge on any atom is -0.504 e. The van der Waals surface area contributed by atoms with E-state index in [2.05, 4.69) is 26.0 Å². The Morgan fingerprint density at radius 1 is 0.800 bits per heavy atom. The zero-order chi connectivity index (χ0) is 17.9. The standard InChI is InChI=1S/C23H32O2/c1-3-5-6-7-8-9-14-19(4-2)20-15-10-12-17-22(20)25-23-18-13-11-16-21(23)24/h10-13,15-19,24H,3-9,14H2,1-2H3. The number of benzene rings is 2. The molecule has 1 unspecified atom stereocenters. The summed E-state index contributed by atoms with van der Waals surface area (Å²) in [4.78, 5) is 0. The Morgan fingerprint density at radius 2 is 1.44 bits per heavy atom. The molecule has 0 saturated heterocycles. The van der Waals surface area contributed by atoms with Gasteiger partial charge in [0.25, 0.3) is 0 Å². The first kappa shape index (κ1) is 19.4. The molecular formula is C23H32O2. The number of unbranched alkanes of at least 4 members (excludes halogenated alkanes) is 5. The number of phenols is 1. The van der Waals surface area contributed by atoms with Gasteiger partial charge in [0.05, 0.1) is 0 Å². The highest BCUT2D eigenvalue weighted by molar-refractivity contribution is 5.45. The van der Waals surface area contributed by atoms with E-state index >= 15 is 0 Å². The van der Waals surface area contributed by atoms with Crippen molar-refractivity contribution in [2.24, 2.45) is 0 Å². The van der Waals surface area contributed by atoms with Gasteiger partial charge in [0.15, 0.2) is 11.5 Å². The van der Waals surface area contributed by atoms with Gasteiger partial charge in [-0.2, -0.15) is 0 Å². The quantitative estimate of drug-likeness (QED) is 0.431. The van der Waals surface area contributed by atoms with Gasteiger partial charge in [-0.05, 0) is 42.5 Å². The zero-order valence-corrected chi connectivity index (χ0v) is 15.7. The minimum atomic E-state index is 0.182. The summed E-state index contributed by atoms with van der Waals surface area (Å²) in [6, 6.07) is 15.4. The Labute approximate surface area is 152 Å². The van der Waals surface area contributed by atoms with Crippen LogP contribution < -0.4 is 4.74 Å². The first-order chi connectivity index (χ1) is 12.3. The third kappa shape index (κ3) is 6.12. The summed E-state index contributed by atoms with van der Waals surface area (Å²) in [6.07, 6.45) is 10.3. The highest BCUT2D eigenvalue weighted by Gasteiger charge is 2.15. The maximum atomic E-state index is 9.98. The molecule has 0 amide bonds. The van der Waals surface area contributed by atoms with E-state index in [1.807, 2.05) is 24.3 Å².